The number of aromatic nitrogens is 5. The van der Waals surface area contributed by atoms with Crippen LogP contribution in [-0.2, 0) is 48.0 Å². The lowest BCUT2D eigenvalue weighted by Gasteiger charge is -2.40. The van der Waals surface area contributed by atoms with Gasteiger partial charge in [0.2, 0.25) is 17.8 Å². The highest BCUT2D eigenvalue weighted by molar-refractivity contribution is 7.10. The quantitative estimate of drug-likeness (QED) is 0.0976. The molecule has 19 nitrogen and oxygen atoms in total. The number of hydrogen-bond donors (Lipinski definition) is 2. The average Bonchev–Trinajstić information content (AvgIpc) is 3.90. The van der Waals surface area contributed by atoms with Gasteiger partial charge in [0.15, 0.2) is 0 Å². The summed E-state index contributed by atoms with van der Waals surface area (Å²) < 4.78 is 73.2. The lowest BCUT2D eigenvalue weighted by atomic mass is 9.84. The predicted molar refractivity (Wildman–Crippen MR) is 291 cm³/mol. The van der Waals surface area contributed by atoms with Gasteiger partial charge in [0, 0.05) is 118 Å². The molecule has 1 aliphatic carbocycles. The molecule has 2 N–H and O–H groups in total. The molecule has 10 rings (SSSR count). The van der Waals surface area contributed by atoms with Gasteiger partial charge in [-0.1, -0.05) is 33.8 Å². The molecule has 80 heavy (non-hydrogen) atoms. The number of carbonyl (C=O) groups excluding carboxylic acids is 5. The number of esters is 1. The summed E-state index contributed by atoms with van der Waals surface area (Å²) in [4.78, 5) is 91.0. The molecular weight excluding hydrogens is 1060 g/mol. The summed E-state index contributed by atoms with van der Waals surface area (Å²) in [5.74, 6) is -3.50. The van der Waals surface area contributed by atoms with Gasteiger partial charge < -0.3 is 34.1 Å². The number of amides is 4. The largest absolute Gasteiger partial charge is 0.464 e. The molecule has 4 aromatic heterocycles. The fourth-order valence-electron chi connectivity index (χ4n) is 11.7. The molecule has 430 valence electrons. The molecule has 5 aliphatic rings. The van der Waals surface area contributed by atoms with Gasteiger partial charge in [-0.15, -0.1) is 11.3 Å². The summed E-state index contributed by atoms with van der Waals surface area (Å²) in [5, 5.41) is 7.11. The minimum absolute atomic E-state index is 0.0316. The third-order valence-electron chi connectivity index (χ3n) is 16.2. The summed E-state index contributed by atoms with van der Waals surface area (Å²) >= 11 is 1.26. The van der Waals surface area contributed by atoms with E-state index in [1.807, 2.05) is 38.3 Å². The van der Waals surface area contributed by atoms with Crippen LogP contribution in [0.4, 0.5) is 28.0 Å². The van der Waals surface area contributed by atoms with E-state index in [1.54, 1.807) is 39.3 Å². The maximum absolute atomic E-state index is 15.1. The zero-order valence-electron chi connectivity index (χ0n) is 46.2. The van der Waals surface area contributed by atoms with Crippen LogP contribution >= 0.6 is 11.3 Å². The SMILES string of the molecule is CO[C@@H](C)c1ncc(N2CCN(C3CC3)CC2)cc1-c1c2c3cc(ccc3n1CC(F)(F)F)-c1csc(n1)C[C@H](NC(=O)[C@H](C(C)C)N(C)C(=O)CC1CN(C(=O)n3cnc(F)c3)C1)C(=O)N1CCC[C@H](N1)C(=O)OCC(C)(C)C2. The maximum Gasteiger partial charge on any atom is 0.406 e. The number of ether oxygens (including phenoxy) is 2. The molecule has 6 bridgehead atoms. The molecule has 4 aliphatic heterocycles. The van der Waals surface area contributed by atoms with Crippen LogP contribution in [0.1, 0.15) is 89.1 Å². The van der Waals surface area contributed by atoms with Crippen LogP contribution in [0.15, 0.2) is 48.4 Å². The van der Waals surface area contributed by atoms with Crippen molar-refractivity contribution in [3.63, 3.8) is 0 Å². The van der Waals surface area contributed by atoms with Crippen molar-refractivity contribution in [2.75, 3.05) is 71.5 Å². The number of benzene rings is 1. The van der Waals surface area contributed by atoms with Gasteiger partial charge in [-0.05, 0) is 68.7 Å². The molecule has 0 spiro atoms. The molecule has 1 aromatic carbocycles. The van der Waals surface area contributed by atoms with Crippen LogP contribution in [0.25, 0.3) is 33.4 Å². The van der Waals surface area contributed by atoms with Crippen LogP contribution in [0.5, 0.6) is 0 Å². The number of alkyl halides is 3. The zero-order chi connectivity index (χ0) is 56.9. The van der Waals surface area contributed by atoms with Crippen LogP contribution in [0.3, 0.4) is 0 Å². The number of anilines is 1. The number of imidazole rings is 1. The van der Waals surface area contributed by atoms with E-state index >= 15 is 13.2 Å². The highest BCUT2D eigenvalue weighted by Crippen LogP contribution is 2.44. The van der Waals surface area contributed by atoms with Crippen molar-refractivity contribution in [2.24, 2.45) is 17.3 Å². The second kappa shape index (κ2) is 22.8. The Morgan fingerprint density at radius 1 is 1.02 bits per heavy atom. The lowest BCUT2D eigenvalue weighted by Crippen LogP contribution is -2.62. The Kier molecular flexibility index (Phi) is 16.2. The molecule has 4 atom stereocenters. The van der Waals surface area contributed by atoms with E-state index in [1.165, 1.54) is 50.6 Å². The van der Waals surface area contributed by atoms with Crippen LogP contribution in [0.2, 0.25) is 0 Å². The normalized spacial score (nSPS) is 21.3. The Hall–Kier alpha value is -6.50. The fourth-order valence-corrected chi connectivity index (χ4v) is 12.6. The van der Waals surface area contributed by atoms with Gasteiger partial charge in [-0.25, -0.2) is 20.2 Å². The van der Waals surface area contributed by atoms with Crippen molar-refractivity contribution in [2.45, 2.75) is 123 Å². The number of nitrogens with one attached hydrogen (secondary N) is 2. The monoisotopic (exact) mass is 1130 g/mol. The summed E-state index contributed by atoms with van der Waals surface area (Å²) in [5.41, 5.74) is 6.40. The van der Waals surface area contributed by atoms with Gasteiger partial charge in [0.05, 0.1) is 52.9 Å². The number of halogens is 4. The lowest BCUT2D eigenvalue weighted by molar-refractivity contribution is -0.155. The number of pyridine rings is 1. The summed E-state index contributed by atoms with van der Waals surface area (Å²) in [6, 6.07) is 4.17. The first-order chi connectivity index (χ1) is 38.0. The second-order valence-electron chi connectivity index (χ2n) is 23.2. The van der Waals surface area contributed by atoms with E-state index in [0.717, 1.165) is 49.0 Å². The number of cyclic esters (lactones) is 1. The topological polar surface area (TPSA) is 193 Å². The van der Waals surface area contributed by atoms with Crippen molar-refractivity contribution < 1.29 is 51.0 Å². The van der Waals surface area contributed by atoms with Gasteiger partial charge >= 0.3 is 18.2 Å². The van der Waals surface area contributed by atoms with Gasteiger partial charge in [-0.3, -0.25) is 38.6 Å². The van der Waals surface area contributed by atoms with Crippen molar-refractivity contribution >= 4 is 57.6 Å². The van der Waals surface area contributed by atoms with Crippen molar-refractivity contribution in [3.8, 4) is 22.5 Å². The number of piperazine rings is 1. The number of likely N-dealkylation sites (tertiary alicyclic amines) is 1. The van der Waals surface area contributed by atoms with Gasteiger partial charge in [-0.2, -0.15) is 17.6 Å². The van der Waals surface area contributed by atoms with E-state index in [9.17, 15) is 28.4 Å². The average molecular weight is 1130 g/mol. The minimum Gasteiger partial charge on any atom is -0.464 e. The zero-order valence-corrected chi connectivity index (χ0v) is 47.0. The first kappa shape index (κ1) is 56.8. The van der Waals surface area contributed by atoms with Crippen molar-refractivity contribution in [3.05, 3.63) is 70.6 Å². The number of likely N-dealkylation sites (N-methyl/N-ethyl adjacent to an activating group) is 1. The van der Waals surface area contributed by atoms with Crippen LogP contribution < -0.4 is 15.6 Å². The van der Waals surface area contributed by atoms with E-state index in [0.29, 0.717) is 68.6 Å². The van der Waals surface area contributed by atoms with Crippen LogP contribution in [0, 0.1) is 23.2 Å². The third-order valence-corrected chi connectivity index (χ3v) is 17.0. The number of carbonyl (C=O) groups is 5. The molecule has 0 radical (unpaired) electrons. The molecule has 3 saturated heterocycles. The third kappa shape index (κ3) is 12.2. The minimum atomic E-state index is -4.63. The first-order valence-electron chi connectivity index (χ1n) is 27.5. The number of rotatable bonds is 12. The summed E-state index contributed by atoms with van der Waals surface area (Å²) in [7, 11) is 3.07. The number of hydrazine groups is 1. The van der Waals surface area contributed by atoms with E-state index in [2.05, 4.69) is 25.5 Å². The van der Waals surface area contributed by atoms with Crippen molar-refractivity contribution in [1.29, 1.82) is 0 Å². The Balaban J connectivity index is 0.990. The Morgan fingerprint density at radius 2 is 1.77 bits per heavy atom. The highest BCUT2D eigenvalue weighted by Gasteiger charge is 2.41. The molecule has 0 unspecified atom stereocenters. The van der Waals surface area contributed by atoms with Gasteiger partial charge in [0.1, 0.15) is 31.0 Å². The number of thiazole rings is 1. The summed E-state index contributed by atoms with van der Waals surface area (Å²) in [6.07, 6.45) is 1.91. The molecule has 4 amide bonds. The Labute approximate surface area is 465 Å². The molecule has 8 heterocycles. The smallest absolute Gasteiger partial charge is 0.406 e. The Morgan fingerprint density at radius 3 is 2.45 bits per heavy atom. The van der Waals surface area contributed by atoms with Gasteiger partial charge in [0.25, 0.3) is 5.91 Å². The Bertz CT molecular complexity index is 3140. The fraction of sp³-hybridized carbons (Fsp3) is 0.571. The van der Waals surface area contributed by atoms with Crippen molar-refractivity contribution in [1.82, 2.24) is 54.5 Å². The molecular formula is C56H70F4N12O7S. The molecule has 24 heteroatoms. The molecule has 5 aromatic rings. The standard InChI is InChI=1S/C56H70F4N12O7S/c1-32(2)49(66(6)47(73)19-34-25-69(26-34)54(77)70-27-45(57)62-31-70)51(74)64-42-22-46-63-43(28-80-46)35-10-13-44-38(20-35)40(23-55(4,5)30-79-53(76)41-9-8-14-72(65-41)52(42)75)50(71(44)29-56(58,59)60)39-21-37(24-61-48(39)33(3)78-7)68-17-15-67(16-18-68)36-11-12-36/h10,13,20-21,24,27-28,31-34,36,41-42,49,65H,8-9,11-12,14-19,22-23,25-26,29-30H2,1-7H3,(H,64,74)/t33-,41-,42-,49-/m0/s1. The number of methoxy groups -OCH3 is 1. The van der Waals surface area contributed by atoms with E-state index < -0.39 is 78.0 Å². The summed E-state index contributed by atoms with van der Waals surface area (Å²) in [6.45, 7) is 11.7. The highest BCUT2D eigenvalue weighted by atomic mass is 32.1. The number of hydrogen-bond acceptors (Lipinski definition) is 14. The number of fused-ring (bicyclic) bond motifs is 6. The van der Waals surface area contributed by atoms with Crippen LogP contribution in [-0.4, -0.2) is 170 Å². The number of nitrogens with zero attached hydrogens (tertiary/aromatic N) is 10. The maximum atomic E-state index is 15.1. The second-order valence-corrected chi connectivity index (χ2v) is 24.2. The molecule has 1 saturated carbocycles. The molecule has 4 fully saturated rings. The van der Waals surface area contributed by atoms with E-state index in [-0.39, 0.29) is 57.3 Å². The first-order valence-corrected chi connectivity index (χ1v) is 28.4. The predicted octanol–water partition coefficient (Wildman–Crippen LogP) is 6.84. The van der Waals surface area contributed by atoms with E-state index in [4.69, 9.17) is 19.4 Å².